The number of aromatic nitrogens is 2. The quantitative estimate of drug-likeness (QED) is 0.829. The highest BCUT2D eigenvalue weighted by molar-refractivity contribution is 7.98. The summed E-state index contributed by atoms with van der Waals surface area (Å²) in [5.41, 5.74) is 1.89. The number of hydrogen-bond donors (Lipinski definition) is 1. The molecule has 0 aliphatic heterocycles. The summed E-state index contributed by atoms with van der Waals surface area (Å²) in [5, 5.41) is 10.2. The normalized spacial score (nSPS) is 11.2. The van der Waals surface area contributed by atoms with Gasteiger partial charge in [0.2, 0.25) is 0 Å². The highest BCUT2D eigenvalue weighted by atomic mass is 32.2. The van der Waals surface area contributed by atoms with Gasteiger partial charge in [-0.1, -0.05) is 37.7 Å². The molecule has 0 radical (unpaired) electrons. The van der Waals surface area contributed by atoms with Crippen LogP contribution in [-0.2, 0) is 18.9 Å². The first kappa shape index (κ1) is 15.1. The molecule has 1 aromatic carbocycles. The van der Waals surface area contributed by atoms with Gasteiger partial charge in [-0.05, 0) is 23.6 Å². The Kier molecular flexibility index (Phi) is 5.20. The predicted octanol–water partition coefficient (Wildman–Crippen LogP) is 3.46. The number of thioether (sulfide) groups is 1. The molecule has 108 valence electrons. The van der Waals surface area contributed by atoms with Crippen LogP contribution in [0.2, 0.25) is 0 Å². The zero-order chi connectivity index (χ0) is 14.5. The van der Waals surface area contributed by atoms with Crippen molar-refractivity contribution >= 4 is 11.8 Å². The fraction of sp³-hybridized carbons (Fsp3) is 0.400. The fourth-order valence-electron chi connectivity index (χ4n) is 1.92. The van der Waals surface area contributed by atoms with Crippen molar-refractivity contribution in [3.8, 4) is 0 Å². The summed E-state index contributed by atoms with van der Waals surface area (Å²) < 4.78 is 14.9. The van der Waals surface area contributed by atoms with E-state index in [-0.39, 0.29) is 12.4 Å². The van der Waals surface area contributed by atoms with E-state index in [1.165, 1.54) is 12.1 Å². The molecule has 1 N–H and O–H groups in total. The Morgan fingerprint density at radius 1 is 1.30 bits per heavy atom. The van der Waals surface area contributed by atoms with Crippen LogP contribution in [0.15, 0.2) is 35.6 Å². The predicted molar refractivity (Wildman–Crippen MR) is 78.9 cm³/mol. The maximum Gasteiger partial charge on any atom is 0.168 e. The van der Waals surface area contributed by atoms with Crippen LogP contribution in [0.3, 0.4) is 0 Å². The Morgan fingerprint density at radius 3 is 2.60 bits per heavy atom. The second-order valence-corrected chi connectivity index (χ2v) is 6.05. The zero-order valence-corrected chi connectivity index (χ0v) is 12.5. The third-order valence-corrected chi connectivity index (χ3v) is 3.95. The molecule has 0 saturated carbocycles. The Labute approximate surface area is 122 Å². The lowest BCUT2D eigenvalue weighted by atomic mass is 10.2. The zero-order valence-electron chi connectivity index (χ0n) is 11.7. The van der Waals surface area contributed by atoms with E-state index in [9.17, 15) is 9.50 Å². The van der Waals surface area contributed by atoms with Crippen molar-refractivity contribution in [1.82, 2.24) is 9.55 Å². The van der Waals surface area contributed by atoms with E-state index in [2.05, 4.69) is 23.4 Å². The van der Waals surface area contributed by atoms with Gasteiger partial charge in [-0.25, -0.2) is 9.37 Å². The molecule has 2 aromatic rings. The molecule has 0 unspecified atom stereocenters. The van der Waals surface area contributed by atoms with Crippen LogP contribution in [0.25, 0.3) is 0 Å². The highest BCUT2D eigenvalue weighted by Gasteiger charge is 2.11. The van der Waals surface area contributed by atoms with Crippen molar-refractivity contribution in [2.75, 3.05) is 0 Å². The maximum absolute atomic E-state index is 12.9. The van der Waals surface area contributed by atoms with E-state index in [1.54, 1.807) is 30.1 Å². The third kappa shape index (κ3) is 3.84. The first-order chi connectivity index (χ1) is 9.60. The van der Waals surface area contributed by atoms with Gasteiger partial charge in [-0.2, -0.15) is 0 Å². The van der Waals surface area contributed by atoms with Gasteiger partial charge in [0.25, 0.3) is 0 Å². The second kappa shape index (κ2) is 6.90. The summed E-state index contributed by atoms with van der Waals surface area (Å²) in [7, 11) is 0. The van der Waals surface area contributed by atoms with E-state index in [0.717, 1.165) is 28.7 Å². The molecule has 0 fully saturated rings. The summed E-state index contributed by atoms with van der Waals surface area (Å²) >= 11 is 1.60. The number of benzene rings is 1. The van der Waals surface area contributed by atoms with Gasteiger partial charge in [0.1, 0.15) is 5.82 Å². The molecular formula is C15H19FN2OS. The monoisotopic (exact) mass is 294 g/mol. The van der Waals surface area contributed by atoms with Crippen molar-refractivity contribution in [1.29, 1.82) is 0 Å². The number of halogens is 1. The minimum atomic E-state index is -0.220. The molecule has 1 aromatic heterocycles. The van der Waals surface area contributed by atoms with Crippen LogP contribution in [-0.4, -0.2) is 14.7 Å². The van der Waals surface area contributed by atoms with Crippen molar-refractivity contribution in [2.24, 2.45) is 5.92 Å². The smallest absolute Gasteiger partial charge is 0.168 e. The Balaban J connectivity index is 2.08. The van der Waals surface area contributed by atoms with Gasteiger partial charge in [-0.15, -0.1) is 0 Å². The van der Waals surface area contributed by atoms with Crippen molar-refractivity contribution in [3.63, 3.8) is 0 Å². The van der Waals surface area contributed by atoms with Gasteiger partial charge >= 0.3 is 0 Å². The van der Waals surface area contributed by atoms with Crippen molar-refractivity contribution in [3.05, 3.63) is 47.5 Å². The summed E-state index contributed by atoms with van der Waals surface area (Å²) in [4.78, 5) is 4.36. The molecule has 20 heavy (non-hydrogen) atoms. The minimum Gasteiger partial charge on any atom is -0.390 e. The number of aliphatic hydroxyl groups excluding tert-OH is 1. The van der Waals surface area contributed by atoms with E-state index < -0.39 is 0 Å². The van der Waals surface area contributed by atoms with Crippen LogP contribution in [0.1, 0.15) is 25.1 Å². The van der Waals surface area contributed by atoms with Crippen LogP contribution in [0, 0.1) is 11.7 Å². The van der Waals surface area contributed by atoms with Crippen LogP contribution < -0.4 is 0 Å². The molecule has 0 bridgehead atoms. The summed E-state index contributed by atoms with van der Waals surface area (Å²) in [6, 6.07) is 6.50. The second-order valence-electron chi connectivity index (χ2n) is 5.11. The molecule has 5 heteroatoms. The standard InChI is InChI=1S/C15H19FN2OS/c1-11(2)8-18-14(9-19)7-17-15(18)20-10-12-3-5-13(16)6-4-12/h3-7,11,19H,8-10H2,1-2H3. The van der Waals surface area contributed by atoms with E-state index >= 15 is 0 Å². The molecule has 3 nitrogen and oxygen atoms in total. The van der Waals surface area contributed by atoms with Gasteiger partial charge < -0.3 is 9.67 Å². The number of rotatable bonds is 6. The summed E-state index contributed by atoms with van der Waals surface area (Å²) in [6.07, 6.45) is 1.72. The van der Waals surface area contributed by atoms with E-state index in [4.69, 9.17) is 0 Å². The minimum absolute atomic E-state index is 0.00315. The maximum atomic E-state index is 12.9. The first-order valence-electron chi connectivity index (χ1n) is 6.62. The molecule has 0 aliphatic carbocycles. The number of hydrogen-bond acceptors (Lipinski definition) is 3. The van der Waals surface area contributed by atoms with E-state index in [1.807, 2.05) is 0 Å². The first-order valence-corrected chi connectivity index (χ1v) is 7.61. The van der Waals surface area contributed by atoms with Crippen LogP contribution in [0.5, 0.6) is 0 Å². The summed E-state index contributed by atoms with van der Waals surface area (Å²) in [5.74, 6) is 1.00. The molecule has 0 amide bonds. The Bertz CT molecular complexity index is 552. The third-order valence-electron chi connectivity index (χ3n) is 2.89. The number of imidazole rings is 1. The molecular weight excluding hydrogens is 275 g/mol. The molecule has 0 spiro atoms. The topological polar surface area (TPSA) is 38.0 Å². The largest absolute Gasteiger partial charge is 0.390 e. The van der Waals surface area contributed by atoms with Gasteiger partial charge in [0.15, 0.2) is 5.16 Å². The van der Waals surface area contributed by atoms with Crippen LogP contribution >= 0.6 is 11.8 Å². The fourth-order valence-corrected chi connectivity index (χ4v) is 2.89. The molecule has 0 saturated heterocycles. The van der Waals surface area contributed by atoms with Crippen molar-refractivity contribution in [2.45, 2.75) is 37.9 Å². The lowest BCUT2D eigenvalue weighted by Gasteiger charge is -2.12. The number of nitrogens with zero attached hydrogens (tertiary/aromatic N) is 2. The molecule has 0 atom stereocenters. The van der Waals surface area contributed by atoms with E-state index in [0.29, 0.717) is 5.92 Å². The molecule has 0 aliphatic rings. The van der Waals surface area contributed by atoms with Gasteiger partial charge in [0.05, 0.1) is 18.5 Å². The SMILES string of the molecule is CC(C)Cn1c(CO)cnc1SCc1ccc(F)cc1. The summed E-state index contributed by atoms with van der Waals surface area (Å²) in [6.45, 7) is 5.10. The Morgan fingerprint density at radius 2 is 2.00 bits per heavy atom. The van der Waals surface area contributed by atoms with Crippen molar-refractivity contribution < 1.29 is 9.50 Å². The van der Waals surface area contributed by atoms with Gasteiger partial charge in [0, 0.05) is 12.3 Å². The lowest BCUT2D eigenvalue weighted by molar-refractivity contribution is 0.266. The number of aliphatic hydroxyl groups is 1. The van der Waals surface area contributed by atoms with Gasteiger partial charge in [-0.3, -0.25) is 0 Å². The highest BCUT2D eigenvalue weighted by Crippen LogP contribution is 2.24. The molecule has 2 rings (SSSR count). The average Bonchev–Trinajstić information content (AvgIpc) is 2.79. The molecule has 1 heterocycles. The van der Waals surface area contributed by atoms with Crippen LogP contribution in [0.4, 0.5) is 4.39 Å². The average molecular weight is 294 g/mol. The Hall–Kier alpha value is -1.33. The lowest BCUT2D eigenvalue weighted by Crippen LogP contribution is -2.09.